The number of nitrogens with zero attached hydrogens (tertiary/aromatic N) is 4. The molecular weight excluding hydrogens is 472 g/mol. The van der Waals surface area contributed by atoms with Crippen molar-refractivity contribution in [1.82, 2.24) is 18.7 Å². The van der Waals surface area contributed by atoms with Gasteiger partial charge in [0.25, 0.3) is 0 Å². The average Bonchev–Trinajstić information content (AvgIpc) is 3.62. The minimum Gasteiger partial charge on any atom is -0.383 e. The molecule has 194 valence electrons. The molecule has 0 amide bonds. The molecule has 10 heteroatoms. The first-order chi connectivity index (χ1) is 16.9. The normalized spacial score (nSPS) is 26.5. The van der Waals surface area contributed by atoms with Crippen molar-refractivity contribution in [2.45, 2.75) is 71.1 Å². The van der Waals surface area contributed by atoms with Gasteiger partial charge in [-0.05, 0) is 65.5 Å². The summed E-state index contributed by atoms with van der Waals surface area (Å²) in [5.41, 5.74) is 0.122. The van der Waals surface area contributed by atoms with E-state index in [-0.39, 0.29) is 5.66 Å². The van der Waals surface area contributed by atoms with E-state index in [1.54, 1.807) is 0 Å². The van der Waals surface area contributed by atoms with Crippen LogP contribution >= 0.6 is 14.9 Å². The molecule has 3 aliphatic rings. The number of rotatable bonds is 14. The van der Waals surface area contributed by atoms with Crippen LogP contribution in [0, 0.1) is 0 Å². The molecule has 6 nitrogen and oxygen atoms in total. The molecule has 2 aliphatic heterocycles. The lowest BCUT2D eigenvalue weighted by Gasteiger charge is -2.49. The van der Waals surface area contributed by atoms with Crippen LogP contribution in [0.1, 0.15) is 53.4 Å². The highest BCUT2D eigenvalue weighted by molar-refractivity contribution is 8.00. The Labute approximate surface area is 219 Å². The Morgan fingerprint density at radius 1 is 0.857 bits per heavy atom. The first-order valence-electron chi connectivity index (χ1n) is 13.6. The van der Waals surface area contributed by atoms with Crippen molar-refractivity contribution in [3.8, 4) is 0 Å². The van der Waals surface area contributed by atoms with E-state index in [2.05, 4.69) is 64.6 Å². The largest absolute Gasteiger partial charge is 0.416 e. The summed E-state index contributed by atoms with van der Waals surface area (Å²) in [6, 6.07) is 0.703. The average molecular weight is 520 g/mol. The SMILES string of the molecule is [B][P+](C1=CC=C[C@H]1[P+]([B])(N1CCC[C@@H]1COC)N1CCC[C@@H]1COC)(N(CC)CC)N(CC)CC. The van der Waals surface area contributed by atoms with Crippen LogP contribution in [0.3, 0.4) is 0 Å². The van der Waals surface area contributed by atoms with E-state index in [9.17, 15) is 0 Å². The van der Waals surface area contributed by atoms with Crippen molar-refractivity contribution in [2.75, 3.05) is 66.7 Å². The van der Waals surface area contributed by atoms with Gasteiger partial charge in [-0.15, -0.1) is 0 Å². The Bertz CT molecular complexity index is 700. The zero-order chi connectivity index (χ0) is 25.6. The monoisotopic (exact) mass is 520 g/mol. The summed E-state index contributed by atoms with van der Waals surface area (Å²) in [6.45, 7) is 16.2. The third kappa shape index (κ3) is 5.52. The highest BCUT2D eigenvalue weighted by Crippen LogP contribution is 2.79. The van der Waals surface area contributed by atoms with Crippen LogP contribution in [-0.2, 0) is 9.47 Å². The van der Waals surface area contributed by atoms with E-state index >= 15 is 0 Å². The maximum atomic E-state index is 7.89. The lowest BCUT2D eigenvalue weighted by Crippen LogP contribution is -2.48. The van der Waals surface area contributed by atoms with Gasteiger partial charge in [0, 0.05) is 53.5 Å². The number of allylic oxidation sites excluding steroid dienone is 4. The van der Waals surface area contributed by atoms with Crippen LogP contribution < -0.4 is 0 Å². The topological polar surface area (TPSA) is 31.4 Å². The lowest BCUT2D eigenvalue weighted by molar-refractivity contribution is 0.136. The quantitative estimate of drug-likeness (QED) is 0.247. The second-order valence-corrected chi connectivity index (χ2v) is 15.8. The van der Waals surface area contributed by atoms with E-state index in [0.29, 0.717) is 12.1 Å². The fourth-order valence-electron chi connectivity index (χ4n) is 6.57. The Kier molecular flexibility index (Phi) is 11.4. The standard InChI is InChI=1S/C25H48B2N4O2P2/c1-7-28(8-2)34(26,29(9-3)10-4)24-16-11-17-25(24)35(27,30-18-12-14-22(30)20-32-5)31-19-13-15-23(31)21-33-6/h11,16-17,22-23,25H,7-10,12-15,18-21H2,1-6H3/q+2/t22-,23-,25-/m1/s1. The Morgan fingerprint density at radius 3 is 1.71 bits per heavy atom. The Balaban J connectivity index is 2.13. The van der Waals surface area contributed by atoms with E-state index in [4.69, 9.17) is 24.6 Å². The van der Waals surface area contributed by atoms with Gasteiger partial charge in [0.1, 0.15) is 20.2 Å². The molecule has 0 unspecified atom stereocenters. The van der Waals surface area contributed by atoms with Gasteiger partial charge < -0.3 is 9.47 Å². The molecule has 2 fully saturated rings. The summed E-state index contributed by atoms with van der Waals surface area (Å²) in [5.74, 6) is 0. The molecule has 0 aromatic rings. The predicted molar refractivity (Wildman–Crippen MR) is 155 cm³/mol. The van der Waals surface area contributed by atoms with Gasteiger partial charge in [-0.3, -0.25) is 0 Å². The van der Waals surface area contributed by atoms with Gasteiger partial charge >= 0.3 is 15.1 Å². The summed E-state index contributed by atoms with van der Waals surface area (Å²) >= 11 is 0. The highest BCUT2D eigenvalue weighted by atomic mass is 31.2. The highest BCUT2D eigenvalue weighted by Gasteiger charge is 2.64. The van der Waals surface area contributed by atoms with Crippen LogP contribution in [0.4, 0.5) is 0 Å². The second kappa shape index (κ2) is 13.3. The maximum absolute atomic E-state index is 7.89. The zero-order valence-electron chi connectivity index (χ0n) is 23.1. The lowest BCUT2D eigenvalue weighted by atomic mass is 10.2. The third-order valence-corrected chi connectivity index (χ3v) is 16.4. The molecule has 0 N–H and O–H groups in total. The van der Waals surface area contributed by atoms with Crippen LogP contribution in [0.25, 0.3) is 0 Å². The van der Waals surface area contributed by atoms with Crippen molar-refractivity contribution < 1.29 is 9.47 Å². The molecule has 3 rings (SSSR count). The molecule has 35 heavy (non-hydrogen) atoms. The summed E-state index contributed by atoms with van der Waals surface area (Å²) in [6.07, 6.45) is 11.5. The molecule has 1 aliphatic carbocycles. The fraction of sp³-hybridized carbons (Fsp3) is 0.840. The second-order valence-electron chi connectivity index (χ2n) is 9.88. The number of ether oxygens (including phenoxy) is 2. The van der Waals surface area contributed by atoms with Crippen molar-refractivity contribution >= 4 is 30.0 Å². The predicted octanol–water partition coefficient (Wildman–Crippen LogP) is 4.58. The van der Waals surface area contributed by atoms with Crippen molar-refractivity contribution in [3.05, 3.63) is 23.5 Å². The maximum Gasteiger partial charge on any atom is 0.416 e. The van der Waals surface area contributed by atoms with Crippen molar-refractivity contribution in [1.29, 1.82) is 0 Å². The van der Waals surface area contributed by atoms with Crippen molar-refractivity contribution in [3.63, 3.8) is 0 Å². The zero-order valence-corrected chi connectivity index (χ0v) is 24.9. The minimum atomic E-state index is -2.31. The van der Waals surface area contributed by atoms with E-state index in [0.717, 1.165) is 65.3 Å². The smallest absolute Gasteiger partial charge is 0.383 e. The Hall–Kier alpha value is 0.230. The molecule has 0 aromatic carbocycles. The van der Waals surface area contributed by atoms with Crippen LogP contribution in [-0.4, -0.2) is 118 Å². The molecule has 3 atom stereocenters. The fourth-order valence-corrected chi connectivity index (χ4v) is 15.2. The van der Waals surface area contributed by atoms with Gasteiger partial charge in [0.2, 0.25) is 0 Å². The van der Waals surface area contributed by atoms with Crippen molar-refractivity contribution in [2.24, 2.45) is 0 Å². The first-order valence-corrected chi connectivity index (χ1v) is 17.2. The van der Waals surface area contributed by atoms with E-state index in [1.165, 1.54) is 18.2 Å². The summed E-state index contributed by atoms with van der Waals surface area (Å²) in [5, 5.41) is 1.35. The van der Waals surface area contributed by atoms with E-state index in [1.807, 2.05) is 14.2 Å². The molecule has 0 spiro atoms. The van der Waals surface area contributed by atoms with Crippen LogP contribution in [0.2, 0.25) is 0 Å². The summed E-state index contributed by atoms with van der Waals surface area (Å²) in [7, 11) is 14.6. The molecular formula is C25H48B2N4O2P2+2. The molecule has 2 saturated heterocycles. The van der Waals surface area contributed by atoms with Gasteiger partial charge in [-0.1, -0.05) is 6.08 Å². The first kappa shape index (κ1) is 29.8. The third-order valence-electron chi connectivity index (χ3n) is 8.21. The Morgan fingerprint density at radius 2 is 1.31 bits per heavy atom. The number of hydrogen-bond donors (Lipinski definition) is 0. The molecule has 0 bridgehead atoms. The number of methoxy groups -OCH3 is 2. The summed E-state index contributed by atoms with van der Waals surface area (Å²) in [4.78, 5) is 0. The molecule has 2 heterocycles. The summed E-state index contributed by atoms with van der Waals surface area (Å²) < 4.78 is 21.8. The van der Waals surface area contributed by atoms with Crippen LogP contribution in [0.5, 0.6) is 0 Å². The molecule has 4 radical (unpaired) electrons. The van der Waals surface area contributed by atoms with Gasteiger partial charge in [0.05, 0.1) is 25.3 Å². The molecule has 0 saturated carbocycles. The van der Waals surface area contributed by atoms with E-state index < -0.39 is 14.9 Å². The minimum absolute atomic E-state index is 0.122. The number of hydrogen-bond acceptors (Lipinski definition) is 6. The van der Waals surface area contributed by atoms with Gasteiger partial charge in [-0.2, -0.15) is 18.7 Å². The van der Waals surface area contributed by atoms with Crippen LogP contribution in [0.15, 0.2) is 23.5 Å². The van der Waals surface area contributed by atoms with Gasteiger partial charge in [0.15, 0.2) is 5.66 Å². The van der Waals surface area contributed by atoms with Gasteiger partial charge in [-0.25, -0.2) is 0 Å². The molecule has 0 aromatic heterocycles.